The van der Waals surface area contributed by atoms with Crippen molar-refractivity contribution < 1.29 is 9.90 Å². The molecule has 1 heterocycles. The summed E-state index contributed by atoms with van der Waals surface area (Å²) in [6.07, 6.45) is 1.31. The number of carboxylic acid groups (broad SMARTS) is 1. The van der Waals surface area contributed by atoms with Crippen molar-refractivity contribution in [1.29, 1.82) is 0 Å². The Kier molecular flexibility index (Phi) is 3.63. The van der Waals surface area contributed by atoms with Gasteiger partial charge in [-0.3, -0.25) is 0 Å². The molecule has 92 valence electrons. The van der Waals surface area contributed by atoms with Gasteiger partial charge in [0.1, 0.15) is 0 Å². The molecule has 2 rings (SSSR count). The normalized spacial score (nSPS) is 10.4. The van der Waals surface area contributed by atoms with Crippen LogP contribution in [-0.4, -0.2) is 21.0 Å². The van der Waals surface area contributed by atoms with Crippen molar-refractivity contribution in [2.45, 2.75) is 6.92 Å². The summed E-state index contributed by atoms with van der Waals surface area (Å²) in [5.41, 5.74) is 1.30. The Hall–Kier alpha value is -1.46. The second-order valence-electron chi connectivity index (χ2n) is 3.63. The van der Waals surface area contributed by atoms with Gasteiger partial charge in [-0.15, -0.1) is 0 Å². The Morgan fingerprint density at radius 1 is 1.44 bits per heavy atom. The van der Waals surface area contributed by atoms with Crippen LogP contribution in [0.25, 0.3) is 11.4 Å². The molecule has 0 aliphatic heterocycles. The quantitative estimate of drug-likeness (QED) is 0.916. The second kappa shape index (κ2) is 5.04. The molecule has 0 radical (unpaired) electrons. The van der Waals surface area contributed by atoms with Crippen LogP contribution >= 0.6 is 27.5 Å². The van der Waals surface area contributed by atoms with E-state index in [1.54, 1.807) is 25.1 Å². The average Bonchev–Trinajstić information content (AvgIpc) is 2.32. The third-order valence-electron chi connectivity index (χ3n) is 2.39. The van der Waals surface area contributed by atoms with Crippen molar-refractivity contribution in [3.05, 3.63) is 45.1 Å². The summed E-state index contributed by atoms with van der Waals surface area (Å²) < 4.78 is 0.741. The average molecular weight is 328 g/mol. The highest BCUT2D eigenvalue weighted by Crippen LogP contribution is 2.27. The summed E-state index contributed by atoms with van der Waals surface area (Å²) in [5.74, 6) is -0.564. The number of benzene rings is 1. The summed E-state index contributed by atoms with van der Waals surface area (Å²) >= 11 is 9.22. The molecule has 2 aromatic rings. The van der Waals surface area contributed by atoms with E-state index >= 15 is 0 Å². The lowest BCUT2D eigenvalue weighted by Gasteiger charge is -2.05. The van der Waals surface area contributed by atoms with Crippen LogP contribution in [0.5, 0.6) is 0 Å². The van der Waals surface area contributed by atoms with Crippen molar-refractivity contribution >= 4 is 33.5 Å². The second-order valence-corrected chi connectivity index (χ2v) is 4.89. The smallest absolute Gasteiger partial charge is 0.339 e. The van der Waals surface area contributed by atoms with Crippen molar-refractivity contribution in [1.82, 2.24) is 9.97 Å². The number of carboxylic acids is 1. The molecule has 1 N–H and O–H groups in total. The number of aromatic carboxylic acids is 1. The lowest BCUT2D eigenvalue weighted by molar-refractivity contribution is 0.0695. The van der Waals surface area contributed by atoms with Gasteiger partial charge in [-0.2, -0.15) is 0 Å². The molecule has 0 aliphatic carbocycles. The van der Waals surface area contributed by atoms with E-state index in [-0.39, 0.29) is 5.56 Å². The predicted molar refractivity (Wildman–Crippen MR) is 71.9 cm³/mol. The Balaban J connectivity index is 2.48. The van der Waals surface area contributed by atoms with E-state index in [9.17, 15) is 4.79 Å². The number of aryl methyl sites for hydroxylation is 1. The van der Waals surface area contributed by atoms with E-state index in [1.807, 2.05) is 0 Å². The van der Waals surface area contributed by atoms with E-state index in [1.165, 1.54) is 6.20 Å². The SMILES string of the molecule is Cc1nc(-c2ccc(Cl)c(Br)c2)ncc1C(=O)O. The van der Waals surface area contributed by atoms with Crippen molar-refractivity contribution in [2.24, 2.45) is 0 Å². The molecule has 0 spiro atoms. The number of hydrogen-bond acceptors (Lipinski definition) is 3. The lowest BCUT2D eigenvalue weighted by Crippen LogP contribution is -2.04. The van der Waals surface area contributed by atoms with E-state index < -0.39 is 5.97 Å². The molecule has 0 aliphatic rings. The van der Waals surface area contributed by atoms with E-state index in [0.29, 0.717) is 16.5 Å². The zero-order valence-corrected chi connectivity index (χ0v) is 11.7. The standard InChI is InChI=1S/C12H8BrClN2O2/c1-6-8(12(17)18)5-15-11(16-6)7-2-3-10(14)9(13)4-7/h2-5H,1H3,(H,17,18). The van der Waals surface area contributed by atoms with Crippen LogP contribution in [-0.2, 0) is 0 Å². The van der Waals surface area contributed by atoms with Gasteiger partial charge in [0.2, 0.25) is 0 Å². The summed E-state index contributed by atoms with van der Waals surface area (Å²) in [7, 11) is 0. The highest BCUT2D eigenvalue weighted by atomic mass is 79.9. The molecule has 0 atom stereocenters. The summed E-state index contributed by atoms with van der Waals surface area (Å²) in [6.45, 7) is 1.64. The molecule has 6 heteroatoms. The lowest BCUT2D eigenvalue weighted by atomic mass is 10.2. The molecule has 4 nitrogen and oxygen atoms in total. The first kappa shape index (κ1) is 13.0. The van der Waals surface area contributed by atoms with Gasteiger partial charge in [0.05, 0.1) is 16.3 Å². The van der Waals surface area contributed by atoms with E-state index in [0.717, 1.165) is 10.0 Å². The van der Waals surface area contributed by atoms with Gasteiger partial charge < -0.3 is 5.11 Å². The summed E-state index contributed by atoms with van der Waals surface area (Å²) in [5, 5.41) is 9.50. The molecule has 1 aromatic carbocycles. The van der Waals surface area contributed by atoms with Gasteiger partial charge in [-0.05, 0) is 41.1 Å². The fourth-order valence-corrected chi connectivity index (χ4v) is 1.95. The Labute approximate surface area is 117 Å². The molecule has 0 saturated heterocycles. The van der Waals surface area contributed by atoms with Gasteiger partial charge in [0.15, 0.2) is 5.82 Å². The molecule has 0 saturated carbocycles. The summed E-state index contributed by atoms with van der Waals surface area (Å²) in [4.78, 5) is 19.1. The first-order valence-corrected chi connectivity index (χ1v) is 6.18. The minimum absolute atomic E-state index is 0.103. The van der Waals surface area contributed by atoms with E-state index in [2.05, 4.69) is 25.9 Å². The zero-order valence-electron chi connectivity index (χ0n) is 9.32. The molecule has 1 aromatic heterocycles. The largest absolute Gasteiger partial charge is 0.478 e. The number of carbonyl (C=O) groups is 1. The fraction of sp³-hybridized carbons (Fsp3) is 0.0833. The number of halogens is 2. The highest BCUT2D eigenvalue weighted by molar-refractivity contribution is 9.10. The highest BCUT2D eigenvalue weighted by Gasteiger charge is 2.11. The first-order chi connectivity index (χ1) is 8.49. The van der Waals surface area contributed by atoms with Crippen LogP contribution in [0.15, 0.2) is 28.9 Å². The number of hydrogen-bond donors (Lipinski definition) is 1. The molecule has 0 amide bonds. The van der Waals surface area contributed by atoms with Crippen molar-refractivity contribution in [3.63, 3.8) is 0 Å². The van der Waals surface area contributed by atoms with Crippen molar-refractivity contribution in [2.75, 3.05) is 0 Å². The maximum atomic E-state index is 10.9. The topological polar surface area (TPSA) is 63.1 Å². The zero-order chi connectivity index (χ0) is 13.3. The monoisotopic (exact) mass is 326 g/mol. The Morgan fingerprint density at radius 2 is 2.17 bits per heavy atom. The summed E-state index contributed by atoms with van der Waals surface area (Å²) in [6, 6.07) is 5.30. The van der Waals surface area contributed by atoms with Gasteiger partial charge in [0.25, 0.3) is 0 Å². The van der Waals surface area contributed by atoms with E-state index in [4.69, 9.17) is 16.7 Å². The maximum absolute atomic E-state index is 10.9. The molecule has 0 bridgehead atoms. The van der Waals surface area contributed by atoms with Crippen LogP contribution in [0.1, 0.15) is 16.1 Å². The fourth-order valence-electron chi connectivity index (χ4n) is 1.45. The van der Waals surface area contributed by atoms with Gasteiger partial charge >= 0.3 is 5.97 Å². The molecule has 0 fully saturated rings. The van der Waals surface area contributed by atoms with Crippen LogP contribution < -0.4 is 0 Å². The third kappa shape index (κ3) is 2.52. The van der Waals surface area contributed by atoms with Crippen LogP contribution in [0.3, 0.4) is 0 Å². The van der Waals surface area contributed by atoms with Crippen LogP contribution in [0, 0.1) is 6.92 Å². The predicted octanol–water partition coefficient (Wildman–Crippen LogP) is 3.57. The van der Waals surface area contributed by atoms with Crippen molar-refractivity contribution in [3.8, 4) is 11.4 Å². The molecule has 18 heavy (non-hydrogen) atoms. The maximum Gasteiger partial charge on any atom is 0.339 e. The van der Waals surface area contributed by atoms with Gasteiger partial charge in [-0.1, -0.05) is 11.6 Å². The Morgan fingerprint density at radius 3 is 2.72 bits per heavy atom. The number of aromatic nitrogens is 2. The van der Waals surface area contributed by atoms with Crippen LogP contribution in [0.2, 0.25) is 5.02 Å². The van der Waals surface area contributed by atoms with Gasteiger partial charge in [0, 0.05) is 16.2 Å². The number of rotatable bonds is 2. The minimum atomic E-state index is -1.03. The molecular formula is C12H8BrClN2O2. The Bertz CT molecular complexity index is 631. The molecular weight excluding hydrogens is 320 g/mol. The van der Waals surface area contributed by atoms with Crippen LogP contribution in [0.4, 0.5) is 0 Å². The third-order valence-corrected chi connectivity index (χ3v) is 3.60. The van der Waals surface area contributed by atoms with Gasteiger partial charge in [-0.25, -0.2) is 14.8 Å². The molecule has 0 unspecified atom stereocenters. The first-order valence-electron chi connectivity index (χ1n) is 5.01. The minimum Gasteiger partial charge on any atom is -0.478 e. The number of nitrogens with zero attached hydrogens (tertiary/aromatic N) is 2.